The number of pyridine rings is 1. The minimum absolute atomic E-state index is 0.00658. The number of nitrogens with zero attached hydrogens (tertiary/aromatic N) is 1. The molecule has 0 aliphatic carbocycles. The molecule has 1 N–H and O–H groups in total. The van der Waals surface area contributed by atoms with Crippen LogP contribution in [0.3, 0.4) is 0 Å². The zero-order valence-electron chi connectivity index (χ0n) is 11.9. The first kappa shape index (κ1) is 14.7. The smallest absolute Gasteiger partial charge is 0.224 e. The van der Waals surface area contributed by atoms with Crippen molar-refractivity contribution < 1.29 is 4.79 Å². The van der Waals surface area contributed by atoms with Crippen LogP contribution in [-0.4, -0.2) is 10.9 Å². The fraction of sp³-hybridized carbons (Fsp3) is 0.111. The highest BCUT2D eigenvalue weighted by molar-refractivity contribution is 9.10. The topological polar surface area (TPSA) is 42.0 Å². The molecule has 0 aliphatic rings. The van der Waals surface area contributed by atoms with Crippen molar-refractivity contribution in [2.75, 3.05) is 5.32 Å². The van der Waals surface area contributed by atoms with E-state index in [1.54, 1.807) is 6.20 Å². The third kappa shape index (κ3) is 3.34. The van der Waals surface area contributed by atoms with Gasteiger partial charge in [-0.25, -0.2) is 0 Å². The summed E-state index contributed by atoms with van der Waals surface area (Å²) in [5, 5.41) is 3.94. The molecule has 0 bridgehead atoms. The molecule has 110 valence electrons. The van der Waals surface area contributed by atoms with Crippen molar-refractivity contribution in [1.82, 2.24) is 4.98 Å². The van der Waals surface area contributed by atoms with Crippen LogP contribution in [-0.2, 0) is 11.2 Å². The Morgan fingerprint density at radius 2 is 1.91 bits per heavy atom. The number of hydrogen-bond acceptors (Lipinski definition) is 2. The van der Waals surface area contributed by atoms with Crippen LogP contribution in [0.15, 0.2) is 65.3 Å². The Kier molecular flexibility index (Phi) is 4.49. The molecule has 3 rings (SSSR count). The molecule has 1 aromatic heterocycles. The fourth-order valence-electron chi connectivity index (χ4n) is 2.37. The maximum absolute atomic E-state index is 12.2. The van der Waals surface area contributed by atoms with Gasteiger partial charge in [-0.05, 0) is 42.3 Å². The van der Waals surface area contributed by atoms with Crippen LogP contribution in [0.25, 0.3) is 10.9 Å². The number of rotatable bonds is 4. The van der Waals surface area contributed by atoms with Crippen LogP contribution in [0.1, 0.15) is 12.0 Å². The van der Waals surface area contributed by atoms with E-state index >= 15 is 0 Å². The summed E-state index contributed by atoms with van der Waals surface area (Å²) in [6, 6.07) is 17.5. The highest BCUT2D eigenvalue weighted by Gasteiger charge is 2.07. The molecular formula is C18H15BrN2O. The number of nitrogens with one attached hydrogen (secondary N) is 1. The van der Waals surface area contributed by atoms with Gasteiger partial charge in [0.05, 0.1) is 11.2 Å². The van der Waals surface area contributed by atoms with E-state index in [0.717, 1.165) is 26.6 Å². The molecule has 22 heavy (non-hydrogen) atoms. The molecule has 0 radical (unpaired) electrons. The van der Waals surface area contributed by atoms with Crippen LogP contribution in [0.4, 0.5) is 5.69 Å². The van der Waals surface area contributed by atoms with E-state index < -0.39 is 0 Å². The summed E-state index contributed by atoms with van der Waals surface area (Å²) in [5.74, 6) is 0.00658. The lowest BCUT2D eigenvalue weighted by Gasteiger charge is -2.09. The second kappa shape index (κ2) is 6.71. The van der Waals surface area contributed by atoms with E-state index in [1.807, 2.05) is 54.6 Å². The Morgan fingerprint density at radius 3 is 2.77 bits per heavy atom. The Labute approximate surface area is 137 Å². The Balaban J connectivity index is 1.70. The van der Waals surface area contributed by atoms with Gasteiger partial charge in [0.2, 0.25) is 5.91 Å². The lowest BCUT2D eigenvalue weighted by atomic mass is 10.1. The van der Waals surface area contributed by atoms with Crippen molar-refractivity contribution in [2.24, 2.45) is 0 Å². The van der Waals surface area contributed by atoms with Gasteiger partial charge >= 0.3 is 0 Å². The molecule has 3 nitrogen and oxygen atoms in total. The molecule has 2 aromatic carbocycles. The van der Waals surface area contributed by atoms with Crippen molar-refractivity contribution in [3.8, 4) is 0 Å². The molecule has 4 heteroatoms. The average Bonchev–Trinajstić information content (AvgIpc) is 2.54. The lowest BCUT2D eigenvalue weighted by Crippen LogP contribution is -2.12. The van der Waals surface area contributed by atoms with Crippen LogP contribution < -0.4 is 5.32 Å². The molecule has 0 fully saturated rings. The van der Waals surface area contributed by atoms with Gasteiger partial charge in [-0.1, -0.05) is 40.2 Å². The van der Waals surface area contributed by atoms with E-state index in [9.17, 15) is 4.79 Å². The summed E-state index contributed by atoms with van der Waals surface area (Å²) in [4.78, 5) is 16.5. The van der Waals surface area contributed by atoms with Gasteiger partial charge in [0, 0.05) is 22.5 Å². The van der Waals surface area contributed by atoms with Gasteiger partial charge in [-0.2, -0.15) is 0 Å². The van der Waals surface area contributed by atoms with Crippen LogP contribution in [0, 0.1) is 0 Å². The number of fused-ring (bicyclic) bond motifs is 1. The minimum atomic E-state index is 0.00658. The zero-order chi connectivity index (χ0) is 15.4. The highest BCUT2D eigenvalue weighted by atomic mass is 79.9. The summed E-state index contributed by atoms with van der Waals surface area (Å²) < 4.78 is 1.04. The van der Waals surface area contributed by atoms with Crippen LogP contribution >= 0.6 is 15.9 Å². The number of halogens is 1. The first-order valence-electron chi connectivity index (χ1n) is 7.11. The predicted octanol–water partition coefficient (Wildman–Crippen LogP) is 4.57. The molecule has 0 spiro atoms. The molecule has 0 unspecified atom stereocenters. The van der Waals surface area contributed by atoms with Gasteiger partial charge in [0.15, 0.2) is 0 Å². The normalized spacial score (nSPS) is 10.6. The van der Waals surface area contributed by atoms with E-state index in [-0.39, 0.29) is 5.91 Å². The van der Waals surface area contributed by atoms with E-state index in [2.05, 4.69) is 26.2 Å². The van der Waals surface area contributed by atoms with Gasteiger partial charge < -0.3 is 5.32 Å². The number of hydrogen-bond donors (Lipinski definition) is 1. The molecule has 0 saturated carbocycles. The van der Waals surface area contributed by atoms with Crippen molar-refractivity contribution in [1.29, 1.82) is 0 Å². The van der Waals surface area contributed by atoms with Gasteiger partial charge in [0.1, 0.15) is 0 Å². The Hall–Kier alpha value is -2.20. The first-order chi connectivity index (χ1) is 10.7. The summed E-state index contributed by atoms with van der Waals surface area (Å²) >= 11 is 3.51. The van der Waals surface area contributed by atoms with Crippen molar-refractivity contribution in [3.63, 3.8) is 0 Å². The van der Waals surface area contributed by atoms with Crippen molar-refractivity contribution in [2.45, 2.75) is 12.8 Å². The van der Waals surface area contributed by atoms with Crippen molar-refractivity contribution >= 4 is 38.4 Å². The third-order valence-electron chi connectivity index (χ3n) is 3.50. The summed E-state index contributed by atoms with van der Waals surface area (Å²) in [5.41, 5.74) is 2.83. The van der Waals surface area contributed by atoms with Crippen molar-refractivity contribution in [3.05, 3.63) is 70.8 Å². The maximum Gasteiger partial charge on any atom is 0.224 e. The maximum atomic E-state index is 12.2. The second-order valence-electron chi connectivity index (χ2n) is 5.02. The summed E-state index contributed by atoms with van der Waals surface area (Å²) in [6.07, 6.45) is 2.90. The number of carbonyl (C=O) groups is 1. The minimum Gasteiger partial charge on any atom is -0.325 e. The quantitative estimate of drug-likeness (QED) is 0.745. The van der Waals surface area contributed by atoms with Gasteiger partial charge in [0.25, 0.3) is 0 Å². The number of aromatic nitrogens is 1. The molecule has 0 aliphatic heterocycles. The van der Waals surface area contributed by atoms with Gasteiger partial charge in [-0.3, -0.25) is 9.78 Å². The lowest BCUT2D eigenvalue weighted by molar-refractivity contribution is -0.116. The SMILES string of the molecule is O=C(CCc1ccccc1Br)Nc1cccc2ncccc12. The molecule has 0 atom stereocenters. The summed E-state index contributed by atoms with van der Waals surface area (Å²) in [7, 11) is 0. The third-order valence-corrected chi connectivity index (χ3v) is 4.27. The average molecular weight is 355 g/mol. The number of aryl methyl sites for hydroxylation is 1. The molecular weight excluding hydrogens is 340 g/mol. The van der Waals surface area contributed by atoms with Gasteiger partial charge in [-0.15, -0.1) is 0 Å². The van der Waals surface area contributed by atoms with E-state index in [0.29, 0.717) is 12.8 Å². The summed E-state index contributed by atoms with van der Waals surface area (Å²) in [6.45, 7) is 0. The Bertz CT molecular complexity index is 812. The monoisotopic (exact) mass is 354 g/mol. The fourth-order valence-corrected chi connectivity index (χ4v) is 2.86. The largest absolute Gasteiger partial charge is 0.325 e. The number of anilines is 1. The van der Waals surface area contributed by atoms with Crippen LogP contribution in [0.5, 0.6) is 0 Å². The first-order valence-corrected chi connectivity index (χ1v) is 7.90. The molecule has 1 heterocycles. The zero-order valence-corrected chi connectivity index (χ0v) is 13.5. The van der Waals surface area contributed by atoms with Crippen LogP contribution in [0.2, 0.25) is 0 Å². The number of carbonyl (C=O) groups excluding carboxylic acids is 1. The highest BCUT2D eigenvalue weighted by Crippen LogP contribution is 2.22. The van der Waals surface area contributed by atoms with E-state index in [1.165, 1.54) is 0 Å². The number of benzene rings is 2. The Morgan fingerprint density at radius 1 is 1.05 bits per heavy atom. The standard InChI is InChI=1S/C18H15BrN2O/c19-15-7-2-1-5-13(15)10-11-18(22)21-17-9-3-8-16-14(17)6-4-12-20-16/h1-9,12H,10-11H2,(H,21,22). The number of amides is 1. The second-order valence-corrected chi connectivity index (χ2v) is 5.87. The molecule has 1 amide bonds. The molecule has 0 saturated heterocycles. The van der Waals surface area contributed by atoms with E-state index in [4.69, 9.17) is 0 Å². The molecule has 3 aromatic rings. The predicted molar refractivity (Wildman–Crippen MR) is 92.8 cm³/mol.